The molecule has 9 heteroatoms. The number of aromatic nitrogens is 3. The number of benzene rings is 1. The average Bonchev–Trinajstić information content (AvgIpc) is 3.24. The van der Waals surface area contributed by atoms with Crippen LogP contribution in [-0.2, 0) is 12.1 Å². The maximum atomic E-state index is 14.9. The lowest BCUT2D eigenvalue weighted by Crippen LogP contribution is -2.42. The minimum Gasteiger partial charge on any atom is -0.435 e. The standard InChI is InChI=1S/C15H15ClF3N3O2/c16-12-5-10(24-14(18)19)3-4-11(12)15(23,13(17)9-1-2-9)6-22-8-20-7-21-22/h3-5,7-9,13-14,23H,1-2,6H2. The molecular weight excluding hydrogens is 347 g/mol. The van der Waals surface area contributed by atoms with Crippen LogP contribution in [0.3, 0.4) is 0 Å². The third kappa shape index (κ3) is 3.49. The van der Waals surface area contributed by atoms with E-state index in [9.17, 15) is 18.3 Å². The molecule has 1 aliphatic rings. The van der Waals surface area contributed by atoms with Crippen LogP contribution in [0.4, 0.5) is 13.2 Å². The summed E-state index contributed by atoms with van der Waals surface area (Å²) < 4.78 is 45.0. The van der Waals surface area contributed by atoms with E-state index in [0.29, 0.717) is 12.8 Å². The first-order chi connectivity index (χ1) is 11.4. The Labute approximate surface area is 141 Å². The Morgan fingerprint density at radius 2 is 2.12 bits per heavy atom. The third-order valence-electron chi connectivity index (χ3n) is 3.99. The summed E-state index contributed by atoms with van der Waals surface area (Å²) in [5, 5.41) is 14.9. The second kappa shape index (κ2) is 6.60. The quantitative estimate of drug-likeness (QED) is 0.823. The van der Waals surface area contributed by atoms with Crippen LogP contribution in [-0.4, -0.2) is 32.7 Å². The second-order valence-corrected chi connectivity index (χ2v) is 6.18. The predicted molar refractivity (Wildman–Crippen MR) is 79.6 cm³/mol. The van der Waals surface area contributed by atoms with E-state index in [1.165, 1.54) is 29.5 Å². The lowest BCUT2D eigenvalue weighted by Gasteiger charge is -2.33. The van der Waals surface area contributed by atoms with Gasteiger partial charge in [0.25, 0.3) is 0 Å². The fourth-order valence-electron chi connectivity index (χ4n) is 2.68. The van der Waals surface area contributed by atoms with E-state index in [0.717, 1.165) is 6.07 Å². The summed E-state index contributed by atoms with van der Waals surface area (Å²) in [6, 6.07) is 3.65. The SMILES string of the molecule is OC(Cn1cncn1)(c1ccc(OC(F)F)cc1Cl)C(F)C1CC1. The van der Waals surface area contributed by atoms with Gasteiger partial charge in [-0.05, 0) is 30.9 Å². The minimum absolute atomic E-state index is 0.0564. The molecule has 0 amide bonds. The van der Waals surface area contributed by atoms with E-state index < -0.39 is 18.4 Å². The van der Waals surface area contributed by atoms with E-state index in [4.69, 9.17) is 11.6 Å². The fourth-order valence-corrected chi connectivity index (χ4v) is 3.02. The van der Waals surface area contributed by atoms with Gasteiger partial charge in [-0.3, -0.25) is 0 Å². The smallest absolute Gasteiger partial charge is 0.387 e. The molecule has 0 radical (unpaired) electrons. The van der Waals surface area contributed by atoms with Gasteiger partial charge in [0.05, 0.1) is 11.6 Å². The molecule has 24 heavy (non-hydrogen) atoms. The van der Waals surface area contributed by atoms with Crippen molar-refractivity contribution < 1.29 is 23.0 Å². The first-order valence-electron chi connectivity index (χ1n) is 7.34. The first kappa shape index (κ1) is 17.0. The van der Waals surface area contributed by atoms with Crippen LogP contribution in [0.5, 0.6) is 5.75 Å². The normalized spacial score (nSPS) is 18.4. The lowest BCUT2D eigenvalue weighted by atomic mass is 9.86. The van der Waals surface area contributed by atoms with Gasteiger partial charge in [-0.15, -0.1) is 0 Å². The molecule has 2 aromatic rings. The van der Waals surface area contributed by atoms with Crippen LogP contribution in [0.25, 0.3) is 0 Å². The highest BCUT2D eigenvalue weighted by Gasteiger charge is 2.49. The Balaban J connectivity index is 1.95. The van der Waals surface area contributed by atoms with Crippen molar-refractivity contribution in [3.63, 3.8) is 0 Å². The highest BCUT2D eigenvalue weighted by molar-refractivity contribution is 6.31. The van der Waals surface area contributed by atoms with Gasteiger partial charge in [-0.25, -0.2) is 14.1 Å². The van der Waals surface area contributed by atoms with Crippen molar-refractivity contribution in [1.82, 2.24) is 14.8 Å². The topological polar surface area (TPSA) is 60.2 Å². The number of rotatable bonds is 7. The highest BCUT2D eigenvalue weighted by atomic mass is 35.5. The summed E-state index contributed by atoms with van der Waals surface area (Å²) in [5.41, 5.74) is -1.85. The van der Waals surface area contributed by atoms with E-state index in [1.54, 1.807) is 0 Å². The molecule has 130 valence electrons. The van der Waals surface area contributed by atoms with Crippen LogP contribution in [0.15, 0.2) is 30.9 Å². The van der Waals surface area contributed by atoms with Gasteiger partial charge in [0.1, 0.15) is 30.2 Å². The van der Waals surface area contributed by atoms with E-state index in [2.05, 4.69) is 14.8 Å². The maximum Gasteiger partial charge on any atom is 0.387 e. The summed E-state index contributed by atoms with van der Waals surface area (Å²) in [6.45, 7) is -3.19. The Hall–Kier alpha value is -1.80. The number of hydrogen-bond acceptors (Lipinski definition) is 4. The fraction of sp³-hybridized carbons (Fsp3) is 0.467. The van der Waals surface area contributed by atoms with E-state index in [1.807, 2.05) is 0 Å². The average molecular weight is 362 g/mol. The molecule has 1 N–H and O–H groups in total. The molecular formula is C15H15ClF3N3O2. The van der Waals surface area contributed by atoms with Gasteiger partial charge < -0.3 is 9.84 Å². The molecule has 2 unspecified atom stereocenters. The van der Waals surface area contributed by atoms with Gasteiger partial charge in [0, 0.05) is 5.56 Å². The third-order valence-corrected chi connectivity index (χ3v) is 4.31. The molecule has 2 atom stereocenters. The molecule has 5 nitrogen and oxygen atoms in total. The molecule has 1 heterocycles. The number of ether oxygens (including phenoxy) is 1. The van der Waals surface area contributed by atoms with Crippen molar-refractivity contribution >= 4 is 11.6 Å². The number of halogens is 4. The molecule has 0 bridgehead atoms. The molecule has 1 aromatic heterocycles. The molecule has 1 saturated carbocycles. The van der Waals surface area contributed by atoms with Crippen LogP contribution in [0, 0.1) is 5.92 Å². The van der Waals surface area contributed by atoms with Gasteiger partial charge in [0.15, 0.2) is 0 Å². The highest BCUT2D eigenvalue weighted by Crippen LogP contribution is 2.46. The maximum absolute atomic E-state index is 14.9. The van der Waals surface area contributed by atoms with Crippen molar-refractivity contribution in [2.45, 2.75) is 37.8 Å². The zero-order valence-corrected chi connectivity index (χ0v) is 13.2. The Morgan fingerprint density at radius 3 is 2.67 bits per heavy atom. The molecule has 1 aliphatic carbocycles. The lowest BCUT2D eigenvalue weighted by molar-refractivity contribution is -0.0660. The van der Waals surface area contributed by atoms with Crippen molar-refractivity contribution in [2.75, 3.05) is 0 Å². The molecule has 0 aliphatic heterocycles. The molecule has 0 spiro atoms. The summed E-state index contributed by atoms with van der Waals surface area (Å²) in [6.07, 6.45) is 2.40. The van der Waals surface area contributed by atoms with E-state index in [-0.39, 0.29) is 28.8 Å². The van der Waals surface area contributed by atoms with Crippen molar-refractivity contribution in [3.8, 4) is 5.75 Å². The Bertz CT molecular complexity index is 697. The monoisotopic (exact) mass is 361 g/mol. The predicted octanol–water partition coefficient (Wildman–Crippen LogP) is 3.17. The number of nitrogens with zero attached hydrogens (tertiary/aromatic N) is 3. The number of hydrogen-bond donors (Lipinski definition) is 1. The number of alkyl halides is 3. The van der Waals surface area contributed by atoms with Crippen LogP contribution in [0.1, 0.15) is 18.4 Å². The zero-order chi connectivity index (χ0) is 17.3. The van der Waals surface area contributed by atoms with Gasteiger partial charge in [-0.2, -0.15) is 13.9 Å². The zero-order valence-electron chi connectivity index (χ0n) is 12.4. The van der Waals surface area contributed by atoms with E-state index >= 15 is 0 Å². The summed E-state index contributed by atoms with van der Waals surface area (Å²) in [7, 11) is 0. The van der Waals surface area contributed by atoms with Crippen molar-refractivity contribution in [1.29, 1.82) is 0 Å². The van der Waals surface area contributed by atoms with Crippen LogP contribution < -0.4 is 4.74 Å². The molecule has 3 rings (SSSR count). The Kier molecular flexibility index (Phi) is 4.69. The summed E-state index contributed by atoms with van der Waals surface area (Å²) >= 11 is 6.11. The van der Waals surface area contributed by atoms with Crippen LogP contribution in [0.2, 0.25) is 5.02 Å². The van der Waals surface area contributed by atoms with Gasteiger partial charge in [-0.1, -0.05) is 17.7 Å². The Morgan fingerprint density at radius 1 is 1.38 bits per heavy atom. The number of aliphatic hydroxyl groups is 1. The van der Waals surface area contributed by atoms with Crippen molar-refractivity contribution in [2.24, 2.45) is 5.92 Å². The summed E-state index contributed by atoms with van der Waals surface area (Å²) in [4.78, 5) is 3.77. The van der Waals surface area contributed by atoms with Gasteiger partial charge in [0.2, 0.25) is 0 Å². The second-order valence-electron chi connectivity index (χ2n) is 5.78. The van der Waals surface area contributed by atoms with Crippen molar-refractivity contribution in [3.05, 3.63) is 41.4 Å². The van der Waals surface area contributed by atoms with Crippen LogP contribution >= 0.6 is 11.6 Å². The van der Waals surface area contributed by atoms with Gasteiger partial charge >= 0.3 is 6.61 Å². The molecule has 1 fully saturated rings. The first-order valence-corrected chi connectivity index (χ1v) is 7.71. The summed E-state index contributed by atoms with van der Waals surface area (Å²) in [5.74, 6) is -0.435. The minimum atomic E-state index is -3.00. The molecule has 0 saturated heterocycles. The molecule has 1 aromatic carbocycles. The largest absolute Gasteiger partial charge is 0.435 e.